The quantitative estimate of drug-likeness (QED) is 0.776. The van der Waals surface area contributed by atoms with Crippen molar-refractivity contribution in [2.45, 2.75) is 37.1 Å². The average molecular weight is 421 g/mol. The Balaban J connectivity index is 1.86. The molecule has 0 bridgehead atoms. The number of rotatable bonds is 6. The van der Waals surface area contributed by atoms with Gasteiger partial charge in [-0.25, -0.2) is 12.8 Å². The van der Waals surface area contributed by atoms with Crippen LogP contribution in [0, 0.1) is 5.82 Å². The smallest absolute Gasteiger partial charge is 0.255 e. The van der Waals surface area contributed by atoms with Crippen molar-refractivity contribution >= 4 is 15.9 Å². The van der Waals surface area contributed by atoms with E-state index in [1.54, 1.807) is 19.1 Å². The van der Waals surface area contributed by atoms with Crippen LogP contribution in [0.2, 0.25) is 0 Å². The van der Waals surface area contributed by atoms with Crippen molar-refractivity contribution in [3.8, 4) is 5.75 Å². The summed E-state index contributed by atoms with van der Waals surface area (Å²) in [5, 5.41) is 2.82. The van der Waals surface area contributed by atoms with Crippen molar-refractivity contribution in [3.63, 3.8) is 0 Å². The van der Waals surface area contributed by atoms with Crippen LogP contribution in [0.3, 0.4) is 0 Å². The molecule has 1 fully saturated rings. The first kappa shape index (κ1) is 21.3. The maximum absolute atomic E-state index is 13.1. The molecule has 1 unspecified atom stereocenters. The molecule has 1 aliphatic rings. The second kappa shape index (κ2) is 8.92. The molecular formula is C21H25FN2O4S. The number of hydrogen-bond acceptors (Lipinski definition) is 4. The van der Waals surface area contributed by atoms with Gasteiger partial charge in [-0.1, -0.05) is 18.6 Å². The van der Waals surface area contributed by atoms with Gasteiger partial charge in [0.05, 0.1) is 23.6 Å². The minimum Gasteiger partial charge on any atom is -0.496 e. The molecule has 0 radical (unpaired) electrons. The first-order chi connectivity index (χ1) is 13.8. The zero-order chi connectivity index (χ0) is 21.0. The van der Waals surface area contributed by atoms with Crippen molar-refractivity contribution in [2.75, 3.05) is 20.2 Å². The van der Waals surface area contributed by atoms with E-state index in [9.17, 15) is 17.6 Å². The third-order valence-electron chi connectivity index (χ3n) is 5.09. The number of benzene rings is 2. The van der Waals surface area contributed by atoms with Gasteiger partial charge in [-0.05, 0) is 55.7 Å². The number of nitrogens with zero attached hydrogens (tertiary/aromatic N) is 1. The van der Waals surface area contributed by atoms with Gasteiger partial charge in [0.2, 0.25) is 10.0 Å². The topological polar surface area (TPSA) is 75.7 Å². The number of ether oxygens (including phenoxy) is 1. The molecule has 2 aromatic carbocycles. The lowest BCUT2D eigenvalue weighted by molar-refractivity contribution is 0.0936. The molecule has 1 N–H and O–H groups in total. The normalized spacial score (nSPS) is 16.2. The minimum absolute atomic E-state index is 0.0692. The number of amides is 1. The number of piperidine rings is 1. The Kier molecular flexibility index (Phi) is 6.54. The Morgan fingerprint density at radius 3 is 2.38 bits per heavy atom. The third-order valence-corrected chi connectivity index (χ3v) is 6.98. The molecule has 1 saturated heterocycles. The molecule has 1 amide bonds. The summed E-state index contributed by atoms with van der Waals surface area (Å²) in [5.74, 6) is -0.537. The molecule has 0 aliphatic carbocycles. The lowest BCUT2D eigenvalue weighted by Crippen LogP contribution is -2.35. The highest BCUT2D eigenvalue weighted by Gasteiger charge is 2.28. The Morgan fingerprint density at radius 2 is 1.76 bits per heavy atom. The van der Waals surface area contributed by atoms with Gasteiger partial charge in [-0.15, -0.1) is 0 Å². The van der Waals surface area contributed by atoms with Crippen LogP contribution >= 0.6 is 0 Å². The second-order valence-corrected chi connectivity index (χ2v) is 9.01. The molecule has 156 valence electrons. The summed E-state index contributed by atoms with van der Waals surface area (Å²) in [6, 6.07) is 9.75. The first-order valence-electron chi connectivity index (χ1n) is 9.57. The predicted molar refractivity (Wildman–Crippen MR) is 108 cm³/mol. The van der Waals surface area contributed by atoms with E-state index in [0.29, 0.717) is 13.1 Å². The number of nitrogens with one attached hydrogen (secondary N) is 1. The Morgan fingerprint density at radius 1 is 1.10 bits per heavy atom. The standard InChI is InChI=1S/C21H25FN2O4S/c1-15(16-6-8-17(22)9-7-16)23-21(25)19-14-18(10-11-20(19)28-2)29(26,27)24-12-4-3-5-13-24/h6-11,14-15H,3-5,12-13H2,1-2H3,(H,23,25). The van der Waals surface area contributed by atoms with Crippen molar-refractivity contribution in [1.29, 1.82) is 0 Å². The maximum atomic E-state index is 13.1. The minimum atomic E-state index is -3.67. The highest BCUT2D eigenvalue weighted by Crippen LogP contribution is 2.27. The van der Waals surface area contributed by atoms with E-state index in [4.69, 9.17) is 4.74 Å². The Hall–Kier alpha value is -2.45. The van der Waals surface area contributed by atoms with E-state index >= 15 is 0 Å². The molecule has 3 rings (SSSR count). The lowest BCUT2D eigenvalue weighted by Gasteiger charge is -2.26. The summed E-state index contributed by atoms with van der Waals surface area (Å²) in [4.78, 5) is 12.9. The van der Waals surface area contributed by atoms with E-state index in [-0.39, 0.29) is 22.0 Å². The summed E-state index contributed by atoms with van der Waals surface area (Å²) in [6.45, 7) is 2.74. The van der Waals surface area contributed by atoms with Crippen LogP contribution in [0.15, 0.2) is 47.4 Å². The number of methoxy groups -OCH3 is 1. The lowest BCUT2D eigenvalue weighted by atomic mass is 10.1. The fraction of sp³-hybridized carbons (Fsp3) is 0.381. The van der Waals surface area contributed by atoms with Crippen LogP contribution in [0.1, 0.15) is 48.1 Å². The molecule has 0 saturated carbocycles. The van der Waals surface area contributed by atoms with Gasteiger partial charge in [0.1, 0.15) is 11.6 Å². The average Bonchev–Trinajstić information content (AvgIpc) is 2.74. The first-order valence-corrected chi connectivity index (χ1v) is 11.0. The van der Waals surface area contributed by atoms with Gasteiger partial charge < -0.3 is 10.1 Å². The number of hydrogen-bond donors (Lipinski definition) is 1. The van der Waals surface area contributed by atoms with E-state index < -0.39 is 22.0 Å². The molecule has 2 aromatic rings. The third kappa shape index (κ3) is 4.76. The highest BCUT2D eigenvalue weighted by molar-refractivity contribution is 7.89. The summed E-state index contributed by atoms with van der Waals surface area (Å²) >= 11 is 0. The number of carbonyl (C=O) groups is 1. The van der Waals surface area contributed by atoms with Gasteiger partial charge >= 0.3 is 0 Å². The SMILES string of the molecule is COc1ccc(S(=O)(=O)N2CCCCC2)cc1C(=O)NC(C)c1ccc(F)cc1. The van der Waals surface area contributed by atoms with Gasteiger partial charge in [-0.3, -0.25) is 4.79 Å². The maximum Gasteiger partial charge on any atom is 0.255 e. The van der Waals surface area contributed by atoms with E-state index in [1.807, 2.05) is 0 Å². The van der Waals surface area contributed by atoms with Crippen LogP contribution in [0.5, 0.6) is 5.75 Å². The van der Waals surface area contributed by atoms with E-state index in [2.05, 4.69) is 5.32 Å². The van der Waals surface area contributed by atoms with Gasteiger partial charge in [0.15, 0.2) is 0 Å². The number of carbonyl (C=O) groups excluding carboxylic acids is 1. The highest BCUT2D eigenvalue weighted by atomic mass is 32.2. The summed E-state index contributed by atoms with van der Waals surface area (Å²) in [7, 11) is -2.25. The summed E-state index contributed by atoms with van der Waals surface area (Å²) in [5.41, 5.74) is 0.871. The van der Waals surface area contributed by atoms with Crippen LogP contribution in [-0.4, -0.2) is 38.8 Å². The molecule has 0 aromatic heterocycles. The van der Waals surface area contributed by atoms with Crippen LogP contribution in [0.4, 0.5) is 4.39 Å². The summed E-state index contributed by atoms with van der Waals surface area (Å²) < 4.78 is 45.8. The fourth-order valence-electron chi connectivity index (χ4n) is 3.39. The largest absolute Gasteiger partial charge is 0.496 e. The Bertz CT molecular complexity index is 971. The van der Waals surface area contributed by atoms with Crippen molar-refractivity contribution < 1.29 is 22.3 Å². The van der Waals surface area contributed by atoms with Crippen LogP contribution in [-0.2, 0) is 10.0 Å². The van der Waals surface area contributed by atoms with Crippen molar-refractivity contribution in [3.05, 3.63) is 59.4 Å². The Labute approximate surface area is 170 Å². The molecule has 1 heterocycles. The van der Waals surface area contributed by atoms with Gasteiger partial charge in [0.25, 0.3) is 5.91 Å². The molecule has 8 heteroatoms. The zero-order valence-corrected chi connectivity index (χ0v) is 17.3. The summed E-state index contributed by atoms with van der Waals surface area (Å²) in [6.07, 6.45) is 2.68. The van der Waals surface area contributed by atoms with Crippen molar-refractivity contribution in [2.24, 2.45) is 0 Å². The molecule has 0 spiro atoms. The molecule has 29 heavy (non-hydrogen) atoms. The van der Waals surface area contributed by atoms with Gasteiger partial charge in [0, 0.05) is 13.1 Å². The predicted octanol–water partition coefficient (Wildman–Crippen LogP) is 3.50. The monoisotopic (exact) mass is 420 g/mol. The van der Waals surface area contributed by atoms with E-state index in [0.717, 1.165) is 24.8 Å². The fourth-order valence-corrected chi connectivity index (χ4v) is 4.93. The second-order valence-electron chi connectivity index (χ2n) is 7.07. The zero-order valence-electron chi connectivity index (χ0n) is 16.5. The number of sulfonamides is 1. The van der Waals surface area contributed by atoms with Crippen molar-refractivity contribution in [1.82, 2.24) is 9.62 Å². The van der Waals surface area contributed by atoms with Crippen LogP contribution < -0.4 is 10.1 Å². The van der Waals surface area contributed by atoms with Crippen LogP contribution in [0.25, 0.3) is 0 Å². The number of halogens is 1. The molecule has 1 atom stereocenters. The van der Waals surface area contributed by atoms with Gasteiger partial charge in [-0.2, -0.15) is 4.31 Å². The molecule has 1 aliphatic heterocycles. The molecule has 6 nitrogen and oxygen atoms in total. The van der Waals surface area contributed by atoms with E-state index in [1.165, 1.54) is 41.7 Å². The molecular weight excluding hydrogens is 395 g/mol.